The maximum absolute atomic E-state index is 14.3. The number of hydrogen-bond acceptors (Lipinski definition) is 4. The summed E-state index contributed by atoms with van der Waals surface area (Å²) in [5, 5.41) is 11.8. The molecule has 5 heterocycles. The molecule has 0 unspecified atom stereocenters. The van der Waals surface area contributed by atoms with E-state index < -0.39 is 29.4 Å². The van der Waals surface area contributed by atoms with Crippen LogP contribution in [0.4, 0.5) is 22.0 Å². The molecule has 4 aromatic heterocycles. The monoisotopic (exact) mass is 465 g/mol. The molecule has 33 heavy (non-hydrogen) atoms. The molecule has 1 aliphatic heterocycles. The number of amides is 1. The van der Waals surface area contributed by atoms with Crippen molar-refractivity contribution in [2.45, 2.75) is 19.1 Å². The molecule has 0 saturated carbocycles. The zero-order valence-electron chi connectivity index (χ0n) is 17.4. The largest absolute Gasteiger partial charge is 0.435 e. The molecule has 0 fully saturated rings. The zero-order valence-corrected chi connectivity index (χ0v) is 17.4. The Balaban J connectivity index is 1.48. The van der Waals surface area contributed by atoms with E-state index in [-0.39, 0.29) is 29.9 Å². The highest BCUT2D eigenvalue weighted by Gasteiger charge is 2.36. The van der Waals surface area contributed by atoms with Gasteiger partial charge in [-0.2, -0.15) is 28.5 Å². The second-order valence-electron chi connectivity index (χ2n) is 7.77. The van der Waals surface area contributed by atoms with Crippen molar-refractivity contribution in [3.05, 3.63) is 58.7 Å². The average molecular weight is 465 g/mol. The summed E-state index contributed by atoms with van der Waals surface area (Å²) in [5.74, 6) is -2.24. The smallest absolute Gasteiger partial charge is 0.332 e. The van der Waals surface area contributed by atoms with Gasteiger partial charge in [0.15, 0.2) is 11.5 Å². The minimum Gasteiger partial charge on any atom is -0.332 e. The highest BCUT2D eigenvalue weighted by atomic mass is 19.4. The van der Waals surface area contributed by atoms with Gasteiger partial charge in [-0.25, -0.2) is 13.3 Å². The summed E-state index contributed by atoms with van der Waals surface area (Å²) >= 11 is 0. The van der Waals surface area contributed by atoms with Crippen LogP contribution in [0.3, 0.4) is 0 Å². The van der Waals surface area contributed by atoms with Gasteiger partial charge < -0.3 is 4.90 Å². The number of aromatic nitrogens is 6. The number of hydrogen-bond donors (Lipinski definition) is 0. The summed E-state index contributed by atoms with van der Waals surface area (Å²) in [6.07, 6.45) is -2.11. The van der Waals surface area contributed by atoms with Gasteiger partial charge in [0.1, 0.15) is 11.3 Å². The lowest BCUT2D eigenvalue weighted by molar-refractivity contribution is -0.141. The van der Waals surface area contributed by atoms with Gasteiger partial charge in [0, 0.05) is 32.3 Å². The van der Waals surface area contributed by atoms with E-state index in [9.17, 15) is 26.7 Å². The molecule has 8 nitrogen and oxygen atoms in total. The molecule has 0 N–H and O–H groups in total. The first-order chi connectivity index (χ1) is 15.5. The number of alkyl halides is 3. The van der Waals surface area contributed by atoms with Gasteiger partial charge in [-0.05, 0) is 12.5 Å². The van der Waals surface area contributed by atoms with E-state index in [4.69, 9.17) is 0 Å². The molecule has 5 rings (SSSR count). The minimum atomic E-state index is -4.58. The SMILES string of the molecule is Cn1nc(C(F)(F)F)cc1-c1c2c(nn1C)CN(C(=O)c1cnn3cc(F)cc(F)c13)CC2. The van der Waals surface area contributed by atoms with E-state index in [0.717, 1.165) is 21.5 Å². The van der Waals surface area contributed by atoms with E-state index in [0.29, 0.717) is 29.4 Å². The van der Waals surface area contributed by atoms with Crippen LogP contribution >= 0.6 is 0 Å². The molecule has 0 atom stereocenters. The van der Waals surface area contributed by atoms with Crippen LogP contribution in [-0.2, 0) is 33.2 Å². The molecule has 13 heteroatoms. The Morgan fingerprint density at radius 2 is 1.85 bits per heavy atom. The van der Waals surface area contributed by atoms with Crippen molar-refractivity contribution < 1.29 is 26.7 Å². The van der Waals surface area contributed by atoms with Crippen LogP contribution in [0.15, 0.2) is 24.5 Å². The third-order valence-electron chi connectivity index (χ3n) is 5.66. The standard InChI is InChI=1S/C20H16F5N7O/c1-29-15(6-16(28-29)20(23,24)25)18-11-3-4-31(9-14(11)27-30(18)2)19(33)12-7-26-32-8-10(21)5-13(22)17(12)32/h5-8H,3-4,9H2,1-2H3. The molecule has 0 radical (unpaired) electrons. The summed E-state index contributed by atoms with van der Waals surface area (Å²) in [5.41, 5.74) is 0.813. The Labute approximate surface area is 182 Å². The van der Waals surface area contributed by atoms with Crippen LogP contribution in [0.5, 0.6) is 0 Å². The van der Waals surface area contributed by atoms with Crippen LogP contribution < -0.4 is 0 Å². The summed E-state index contributed by atoms with van der Waals surface area (Å²) in [7, 11) is 3.03. The van der Waals surface area contributed by atoms with Gasteiger partial charge >= 0.3 is 6.18 Å². The Morgan fingerprint density at radius 3 is 2.55 bits per heavy atom. The van der Waals surface area contributed by atoms with Crippen LogP contribution in [0.1, 0.15) is 27.3 Å². The van der Waals surface area contributed by atoms with E-state index in [1.54, 1.807) is 7.05 Å². The predicted molar refractivity (Wildman–Crippen MR) is 104 cm³/mol. The van der Waals surface area contributed by atoms with Crippen molar-refractivity contribution >= 4 is 11.4 Å². The van der Waals surface area contributed by atoms with Gasteiger partial charge in [0.05, 0.1) is 41.6 Å². The van der Waals surface area contributed by atoms with Crippen LogP contribution in [-0.4, -0.2) is 46.5 Å². The van der Waals surface area contributed by atoms with Gasteiger partial charge in [0.25, 0.3) is 5.91 Å². The number of rotatable bonds is 2. The molecule has 4 aromatic rings. The Morgan fingerprint density at radius 1 is 1.09 bits per heavy atom. The van der Waals surface area contributed by atoms with Gasteiger partial charge in [0.2, 0.25) is 0 Å². The van der Waals surface area contributed by atoms with Gasteiger partial charge in [-0.1, -0.05) is 0 Å². The third kappa shape index (κ3) is 3.34. The number of halogens is 5. The fraction of sp³-hybridized carbons (Fsp3) is 0.300. The number of aryl methyl sites for hydroxylation is 2. The van der Waals surface area contributed by atoms with E-state index in [1.807, 2.05) is 0 Å². The van der Waals surface area contributed by atoms with Crippen molar-refractivity contribution in [3.63, 3.8) is 0 Å². The lowest BCUT2D eigenvalue weighted by atomic mass is 10.0. The molecule has 0 saturated heterocycles. The van der Waals surface area contributed by atoms with Crippen molar-refractivity contribution in [1.29, 1.82) is 0 Å². The molecular formula is C20H16F5N7O. The number of fused-ring (bicyclic) bond motifs is 2. The van der Waals surface area contributed by atoms with Crippen molar-refractivity contribution in [1.82, 2.24) is 34.1 Å². The lowest BCUT2D eigenvalue weighted by Crippen LogP contribution is -2.36. The first kappa shape index (κ1) is 21.1. The quantitative estimate of drug-likeness (QED) is 0.427. The number of carbonyl (C=O) groups is 1. The van der Waals surface area contributed by atoms with Gasteiger partial charge in [-0.15, -0.1) is 0 Å². The molecule has 172 valence electrons. The van der Waals surface area contributed by atoms with Crippen molar-refractivity contribution in [2.75, 3.05) is 6.54 Å². The summed E-state index contributed by atoms with van der Waals surface area (Å²) in [6.45, 7) is 0.306. The minimum absolute atomic E-state index is 0.0199. The second kappa shape index (κ2) is 7.12. The first-order valence-corrected chi connectivity index (χ1v) is 9.82. The maximum Gasteiger partial charge on any atom is 0.435 e. The van der Waals surface area contributed by atoms with E-state index in [2.05, 4.69) is 15.3 Å². The molecule has 1 aliphatic rings. The highest BCUT2D eigenvalue weighted by Crippen LogP contribution is 2.35. The van der Waals surface area contributed by atoms with Crippen molar-refractivity contribution in [2.24, 2.45) is 14.1 Å². The van der Waals surface area contributed by atoms with Gasteiger partial charge in [-0.3, -0.25) is 14.2 Å². The van der Waals surface area contributed by atoms with Crippen molar-refractivity contribution in [3.8, 4) is 11.4 Å². The fourth-order valence-corrected chi connectivity index (χ4v) is 4.21. The molecule has 0 bridgehead atoms. The molecule has 0 spiro atoms. The second-order valence-corrected chi connectivity index (χ2v) is 7.77. The molecule has 0 aliphatic carbocycles. The van der Waals surface area contributed by atoms with Crippen LogP contribution in [0.2, 0.25) is 0 Å². The van der Waals surface area contributed by atoms with Crippen LogP contribution in [0, 0.1) is 11.6 Å². The fourth-order valence-electron chi connectivity index (χ4n) is 4.21. The maximum atomic E-state index is 14.3. The zero-order chi connectivity index (χ0) is 23.7. The molecule has 0 aromatic carbocycles. The first-order valence-electron chi connectivity index (χ1n) is 9.82. The predicted octanol–water partition coefficient (Wildman–Crippen LogP) is 2.96. The van der Waals surface area contributed by atoms with Crippen LogP contribution in [0.25, 0.3) is 16.9 Å². The summed E-state index contributed by atoms with van der Waals surface area (Å²) in [6, 6.07) is 1.64. The highest BCUT2D eigenvalue weighted by molar-refractivity contribution is 6.00. The Hall–Kier alpha value is -3.77. The third-order valence-corrected chi connectivity index (χ3v) is 5.66. The Kier molecular flexibility index (Phi) is 4.55. The number of nitrogens with zero attached hydrogens (tertiary/aromatic N) is 7. The Bertz CT molecular complexity index is 1410. The molecular weight excluding hydrogens is 449 g/mol. The number of pyridine rings is 1. The van der Waals surface area contributed by atoms with E-state index in [1.165, 1.54) is 22.8 Å². The average Bonchev–Trinajstić information content (AvgIpc) is 3.40. The summed E-state index contributed by atoms with van der Waals surface area (Å²) < 4.78 is 70.6. The lowest BCUT2D eigenvalue weighted by Gasteiger charge is -2.26. The van der Waals surface area contributed by atoms with E-state index >= 15 is 0 Å². The normalized spacial score (nSPS) is 14.2. The topological polar surface area (TPSA) is 73.2 Å². The molecule has 1 amide bonds. The summed E-state index contributed by atoms with van der Waals surface area (Å²) in [4.78, 5) is 14.5. The number of carbonyl (C=O) groups excluding carboxylic acids is 1.